The summed E-state index contributed by atoms with van der Waals surface area (Å²) < 4.78 is 5.26. The van der Waals surface area contributed by atoms with Crippen molar-refractivity contribution in [3.8, 4) is 10.6 Å². The predicted octanol–water partition coefficient (Wildman–Crippen LogP) is 4.87. The number of thiazole rings is 1. The molecule has 1 fully saturated rings. The second kappa shape index (κ2) is 8.91. The quantitative estimate of drug-likeness (QED) is 0.639. The van der Waals surface area contributed by atoms with Crippen LogP contribution in [0.4, 0.5) is 5.82 Å². The number of ether oxygens (including phenoxy) is 1. The van der Waals surface area contributed by atoms with Gasteiger partial charge in [0, 0.05) is 18.7 Å². The Bertz CT molecular complexity index is 927. The highest BCUT2D eigenvalue weighted by Crippen LogP contribution is 2.37. The van der Waals surface area contributed by atoms with E-state index in [0.717, 1.165) is 46.5 Å². The van der Waals surface area contributed by atoms with Gasteiger partial charge in [0.25, 0.3) is 0 Å². The monoisotopic (exact) mass is 409 g/mol. The zero-order valence-electron chi connectivity index (χ0n) is 17.1. The van der Waals surface area contributed by atoms with Gasteiger partial charge in [-0.1, -0.05) is 37.3 Å². The molecule has 3 heterocycles. The maximum Gasteiger partial charge on any atom is 0.336 e. The number of hydrogen-bond acceptors (Lipinski definition) is 6. The number of hydrogen-bond donors (Lipinski definition) is 0. The van der Waals surface area contributed by atoms with Gasteiger partial charge in [0.05, 0.1) is 28.8 Å². The molecule has 2 aliphatic heterocycles. The van der Waals surface area contributed by atoms with Gasteiger partial charge in [-0.05, 0) is 38.7 Å². The number of rotatable bonds is 6. The third kappa shape index (κ3) is 4.13. The molecule has 0 spiro atoms. The summed E-state index contributed by atoms with van der Waals surface area (Å²) in [5.74, 6) is 0.744. The number of anilines is 1. The molecular formula is C23H27N3O2S. The highest BCUT2D eigenvalue weighted by molar-refractivity contribution is 7.17. The number of allylic oxidation sites excluding steroid dienone is 1. The van der Waals surface area contributed by atoms with Crippen LogP contribution < -0.4 is 4.90 Å². The number of aliphatic imine (C=N–C) groups is 1. The Labute approximate surface area is 176 Å². The van der Waals surface area contributed by atoms with Crippen LogP contribution in [-0.4, -0.2) is 42.4 Å². The van der Waals surface area contributed by atoms with Gasteiger partial charge < -0.3 is 9.64 Å². The average Bonchev–Trinajstić information content (AvgIpc) is 3.40. The first kappa shape index (κ1) is 19.8. The fourth-order valence-electron chi connectivity index (χ4n) is 3.87. The van der Waals surface area contributed by atoms with Crippen LogP contribution >= 0.6 is 11.3 Å². The van der Waals surface area contributed by atoms with E-state index in [1.165, 1.54) is 19.3 Å². The summed E-state index contributed by atoms with van der Waals surface area (Å²) in [5, 5.41) is 0.995. The molecule has 1 aromatic heterocycles. The highest BCUT2D eigenvalue weighted by atomic mass is 32.1. The molecule has 0 aliphatic carbocycles. The Hall–Kier alpha value is -2.47. The van der Waals surface area contributed by atoms with Crippen LogP contribution in [-0.2, 0) is 9.53 Å². The first-order valence-electron chi connectivity index (χ1n) is 10.5. The molecule has 1 unspecified atom stereocenters. The van der Waals surface area contributed by atoms with Crippen LogP contribution in [0, 0.1) is 0 Å². The predicted molar refractivity (Wildman–Crippen MR) is 119 cm³/mol. The van der Waals surface area contributed by atoms with E-state index in [-0.39, 0.29) is 12.0 Å². The van der Waals surface area contributed by atoms with Crippen molar-refractivity contribution in [2.75, 3.05) is 24.6 Å². The molecule has 4 rings (SSSR count). The zero-order chi connectivity index (χ0) is 20.2. The average molecular weight is 410 g/mol. The van der Waals surface area contributed by atoms with Crippen molar-refractivity contribution in [3.05, 3.63) is 46.9 Å². The molecule has 0 amide bonds. The van der Waals surface area contributed by atoms with Crippen LogP contribution in [0.1, 0.15) is 44.4 Å². The van der Waals surface area contributed by atoms with Gasteiger partial charge in [0.1, 0.15) is 10.8 Å². The molecule has 1 atom stereocenters. The SMILES string of the molecule is CCOC(=O)C1=CC(c2sc(-c3ccccc3)nc2N2CCCCC2)=NC1CC. The van der Waals surface area contributed by atoms with Crippen LogP contribution in [0.3, 0.4) is 0 Å². The van der Waals surface area contributed by atoms with E-state index < -0.39 is 0 Å². The van der Waals surface area contributed by atoms with Crippen LogP contribution in [0.25, 0.3) is 10.6 Å². The summed E-state index contributed by atoms with van der Waals surface area (Å²) in [4.78, 5) is 25.8. The Morgan fingerprint density at radius 1 is 1.17 bits per heavy atom. The lowest BCUT2D eigenvalue weighted by molar-refractivity contribution is -0.138. The number of carbonyl (C=O) groups is 1. The first-order valence-corrected chi connectivity index (χ1v) is 11.3. The minimum absolute atomic E-state index is 0.138. The summed E-state index contributed by atoms with van der Waals surface area (Å²) in [7, 11) is 0. The fraction of sp³-hybridized carbons (Fsp3) is 0.435. The van der Waals surface area contributed by atoms with Crippen molar-refractivity contribution in [1.82, 2.24) is 4.98 Å². The standard InChI is InChI=1S/C23H27N3O2S/c1-3-18-17(23(27)28-4-2)15-19(24-18)20-21(26-13-9-6-10-14-26)25-22(29-20)16-11-7-5-8-12-16/h5,7-8,11-12,15,18H,3-4,6,9-10,13-14H2,1-2H3. The lowest BCUT2D eigenvalue weighted by atomic mass is 10.1. The Morgan fingerprint density at radius 3 is 2.62 bits per heavy atom. The van der Waals surface area contributed by atoms with Crippen molar-refractivity contribution in [1.29, 1.82) is 0 Å². The van der Waals surface area contributed by atoms with Gasteiger partial charge in [-0.3, -0.25) is 4.99 Å². The molecule has 29 heavy (non-hydrogen) atoms. The summed E-state index contributed by atoms with van der Waals surface area (Å²) in [5.41, 5.74) is 2.63. The number of benzene rings is 1. The number of nitrogens with zero attached hydrogens (tertiary/aromatic N) is 3. The Kier molecular flexibility index (Phi) is 6.09. The van der Waals surface area contributed by atoms with E-state index in [4.69, 9.17) is 14.7 Å². The summed E-state index contributed by atoms with van der Waals surface area (Å²) in [6.07, 6.45) is 6.34. The molecule has 2 aliphatic rings. The molecule has 6 heteroatoms. The third-order valence-electron chi connectivity index (χ3n) is 5.36. The number of piperidine rings is 1. The Morgan fingerprint density at radius 2 is 1.93 bits per heavy atom. The number of carbonyl (C=O) groups excluding carboxylic acids is 1. The van der Waals surface area contributed by atoms with Gasteiger partial charge >= 0.3 is 5.97 Å². The smallest absolute Gasteiger partial charge is 0.336 e. The first-order chi connectivity index (χ1) is 14.2. The van der Waals surface area contributed by atoms with Gasteiger partial charge in [-0.2, -0.15) is 0 Å². The molecule has 152 valence electrons. The van der Waals surface area contributed by atoms with Gasteiger partial charge in [-0.15, -0.1) is 11.3 Å². The summed E-state index contributed by atoms with van der Waals surface area (Å²) >= 11 is 1.66. The van der Waals surface area contributed by atoms with Crippen molar-refractivity contribution in [2.45, 2.75) is 45.6 Å². The van der Waals surface area contributed by atoms with E-state index >= 15 is 0 Å². The molecular weight excluding hydrogens is 382 g/mol. The van der Waals surface area contributed by atoms with E-state index in [9.17, 15) is 4.79 Å². The maximum atomic E-state index is 12.4. The number of aromatic nitrogens is 1. The lowest BCUT2D eigenvalue weighted by Gasteiger charge is -2.27. The van der Waals surface area contributed by atoms with Gasteiger partial charge in [0.15, 0.2) is 0 Å². The molecule has 0 bridgehead atoms. The lowest BCUT2D eigenvalue weighted by Crippen LogP contribution is -2.30. The Balaban J connectivity index is 1.75. The topological polar surface area (TPSA) is 54.8 Å². The van der Waals surface area contributed by atoms with E-state index in [1.54, 1.807) is 11.3 Å². The van der Waals surface area contributed by atoms with Crippen molar-refractivity contribution in [2.24, 2.45) is 4.99 Å². The van der Waals surface area contributed by atoms with Crippen LogP contribution in [0.2, 0.25) is 0 Å². The highest BCUT2D eigenvalue weighted by Gasteiger charge is 2.30. The molecule has 2 aromatic rings. The van der Waals surface area contributed by atoms with Crippen molar-refractivity contribution < 1.29 is 9.53 Å². The molecule has 0 radical (unpaired) electrons. The minimum atomic E-state index is -0.259. The fourth-order valence-corrected chi connectivity index (χ4v) is 4.93. The summed E-state index contributed by atoms with van der Waals surface area (Å²) in [6.45, 7) is 6.30. The van der Waals surface area contributed by atoms with E-state index in [0.29, 0.717) is 12.2 Å². The zero-order valence-corrected chi connectivity index (χ0v) is 17.9. The molecule has 1 aromatic carbocycles. The molecule has 5 nitrogen and oxygen atoms in total. The third-order valence-corrected chi connectivity index (χ3v) is 6.48. The van der Waals surface area contributed by atoms with E-state index in [1.807, 2.05) is 31.2 Å². The maximum absolute atomic E-state index is 12.4. The molecule has 0 N–H and O–H groups in total. The van der Waals surface area contributed by atoms with Crippen molar-refractivity contribution >= 4 is 28.8 Å². The van der Waals surface area contributed by atoms with Crippen molar-refractivity contribution in [3.63, 3.8) is 0 Å². The second-order valence-electron chi connectivity index (χ2n) is 7.34. The summed E-state index contributed by atoms with van der Waals surface area (Å²) in [6, 6.07) is 10.1. The van der Waals surface area contributed by atoms with Crippen LogP contribution in [0.5, 0.6) is 0 Å². The number of esters is 1. The second-order valence-corrected chi connectivity index (χ2v) is 8.34. The van der Waals surface area contributed by atoms with Gasteiger partial charge in [-0.25, -0.2) is 9.78 Å². The molecule has 1 saturated heterocycles. The van der Waals surface area contributed by atoms with Crippen LogP contribution in [0.15, 0.2) is 47.0 Å². The normalized spacial score (nSPS) is 19.1. The molecule has 0 saturated carbocycles. The van der Waals surface area contributed by atoms with Gasteiger partial charge in [0.2, 0.25) is 0 Å². The largest absolute Gasteiger partial charge is 0.463 e. The minimum Gasteiger partial charge on any atom is -0.463 e. The van der Waals surface area contributed by atoms with E-state index in [2.05, 4.69) is 24.0 Å².